The van der Waals surface area contributed by atoms with Gasteiger partial charge in [0.25, 0.3) is 5.24 Å². The number of aryl methyl sites for hydroxylation is 1. The van der Waals surface area contributed by atoms with Crippen molar-refractivity contribution in [3.63, 3.8) is 0 Å². The van der Waals surface area contributed by atoms with E-state index in [1.165, 1.54) is 35.1 Å². The maximum Gasteiger partial charge on any atom is 0.286 e. The Hall–Kier alpha value is -2.27. The molecule has 32 heavy (non-hydrogen) atoms. The van der Waals surface area contributed by atoms with Gasteiger partial charge in [-0.1, -0.05) is 57.7 Å². The van der Waals surface area contributed by atoms with Crippen LogP contribution in [0.3, 0.4) is 0 Å². The van der Waals surface area contributed by atoms with Gasteiger partial charge in [-0.25, -0.2) is 0 Å². The van der Waals surface area contributed by atoms with Gasteiger partial charge < -0.3 is 4.74 Å². The standard InChI is InChI=1S/C27H33NO3S/c1-7-31-22-13-17(14-23-24(29)28-25(30)32-23)8-9-18(22)19-15-21-20(12-16(19)2)26(3,4)10-11-27(21,5)6/h8-9,12-13,15,23H,7,10-11,14H2,1-6H3,(H,28,29,30). The van der Waals surface area contributed by atoms with Crippen LogP contribution in [0.1, 0.15) is 69.7 Å². The molecule has 1 fully saturated rings. The minimum Gasteiger partial charge on any atom is -0.493 e. The second-order valence-electron chi connectivity index (χ2n) is 10.3. The van der Waals surface area contributed by atoms with Crippen molar-refractivity contribution in [3.05, 3.63) is 52.6 Å². The van der Waals surface area contributed by atoms with Crippen LogP contribution >= 0.6 is 11.8 Å². The van der Waals surface area contributed by atoms with E-state index in [2.05, 4.69) is 64.2 Å². The minimum atomic E-state index is -0.378. The molecule has 0 saturated carbocycles. The average Bonchev–Trinajstić information content (AvgIpc) is 3.03. The van der Waals surface area contributed by atoms with Crippen LogP contribution in [0.15, 0.2) is 30.3 Å². The first-order valence-corrected chi connectivity index (χ1v) is 12.3. The number of amides is 2. The molecule has 0 aromatic heterocycles. The third kappa shape index (κ3) is 4.19. The summed E-state index contributed by atoms with van der Waals surface area (Å²) in [5.74, 6) is 0.619. The molecule has 0 radical (unpaired) electrons. The number of rotatable bonds is 5. The molecule has 1 atom stereocenters. The largest absolute Gasteiger partial charge is 0.493 e. The summed E-state index contributed by atoms with van der Waals surface area (Å²) in [6.07, 6.45) is 2.87. The van der Waals surface area contributed by atoms with Gasteiger partial charge in [0.15, 0.2) is 0 Å². The van der Waals surface area contributed by atoms with Gasteiger partial charge in [0.05, 0.1) is 11.9 Å². The number of nitrogens with one attached hydrogen (secondary N) is 1. The lowest BCUT2D eigenvalue weighted by molar-refractivity contribution is -0.118. The average molecular weight is 452 g/mol. The van der Waals surface area contributed by atoms with Gasteiger partial charge in [-0.05, 0) is 83.9 Å². The third-order valence-electron chi connectivity index (χ3n) is 7.02. The lowest BCUT2D eigenvalue weighted by Crippen LogP contribution is -2.34. The van der Waals surface area contributed by atoms with E-state index in [4.69, 9.17) is 4.74 Å². The van der Waals surface area contributed by atoms with Crippen LogP contribution in [0, 0.1) is 6.92 Å². The van der Waals surface area contributed by atoms with Crippen LogP contribution in [0.25, 0.3) is 11.1 Å². The number of benzene rings is 2. The van der Waals surface area contributed by atoms with Crippen molar-refractivity contribution >= 4 is 22.9 Å². The quantitative estimate of drug-likeness (QED) is 0.579. The fourth-order valence-corrected chi connectivity index (χ4v) is 5.80. The molecule has 1 aliphatic carbocycles. The second-order valence-corrected chi connectivity index (χ2v) is 11.5. The maximum atomic E-state index is 12.0. The Labute approximate surface area is 195 Å². The van der Waals surface area contributed by atoms with Gasteiger partial charge in [-0.3, -0.25) is 14.9 Å². The molecule has 2 aliphatic rings. The molecule has 4 nitrogen and oxygen atoms in total. The zero-order valence-electron chi connectivity index (χ0n) is 19.9. The van der Waals surface area contributed by atoms with E-state index in [1.54, 1.807) is 0 Å². The summed E-state index contributed by atoms with van der Waals surface area (Å²) < 4.78 is 6.06. The SMILES string of the molecule is CCOc1cc(CC2SC(=O)NC2=O)ccc1-c1cc2c(cc1C)C(C)(C)CCC2(C)C. The third-order valence-corrected chi connectivity index (χ3v) is 8.00. The van der Waals surface area contributed by atoms with E-state index in [0.29, 0.717) is 13.0 Å². The Balaban J connectivity index is 1.76. The summed E-state index contributed by atoms with van der Waals surface area (Å²) in [6, 6.07) is 10.9. The van der Waals surface area contributed by atoms with Gasteiger partial charge >= 0.3 is 0 Å². The number of ether oxygens (including phenoxy) is 1. The van der Waals surface area contributed by atoms with Crippen molar-refractivity contribution in [2.45, 2.75) is 76.9 Å². The van der Waals surface area contributed by atoms with Crippen molar-refractivity contribution in [1.82, 2.24) is 5.32 Å². The van der Waals surface area contributed by atoms with E-state index in [0.717, 1.165) is 28.6 Å². The molecular weight excluding hydrogens is 418 g/mol. The van der Waals surface area contributed by atoms with Crippen LogP contribution < -0.4 is 10.1 Å². The Morgan fingerprint density at radius 3 is 2.25 bits per heavy atom. The van der Waals surface area contributed by atoms with Gasteiger partial charge in [0, 0.05) is 5.56 Å². The van der Waals surface area contributed by atoms with Crippen LogP contribution in [0.2, 0.25) is 0 Å². The first kappa shape index (κ1) is 22.9. The smallest absolute Gasteiger partial charge is 0.286 e. The van der Waals surface area contributed by atoms with Crippen LogP contribution in [-0.4, -0.2) is 23.0 Å². The summed E-state index contributed by atoms with van der Waals surface area (Å²) in [6.45, 7) is 14.1. The monoisotopic (exact) mass is 451 g/mol. The Morgan fingerprint density at radius 1 is 1.00 bits per heavy atom. The normalized spacial score (nSPS) is 21.2. The molecule has 0 spiro atoms. The first-order chi connectivity index (χ1) is 15.0. The summed E-state index contributed by atoms with van der Waals surface area (Å²) in [5, 5.41) is 1.72. The zero-order chi connectivity index (χ0) is 23.3. The van der Waals surface area contributed by atoms with Crippen molar-refractivity contribution in [2.24, 2.45) is 0 Å². The molecule has 2 aromatic rings. The molecule has 2 aromatic carbocycles. The minimum absolute atomic E-state index is 0.138. The van der Waals surface area contributed by atoms with Crippen LogP contribution in [0.5, 0.6) is 5.75 Å². The second kappa shape index (κ2) is 8.26. The van der Waals surface area contributed by atoms with E-state index in [9.17, 15) is 9.59 Å². The molecule has 0 bridgehead atoms. The number of fused-ring (bicyclic) bond motifs is 1. The van der Waals surface area contributed by atoms with Crippen molar-refractivity contribution in [3.8, 4) is 16.9 Å². The van der Waals surface area contributed by atoms with Crippen molar-refractivity contribution in [2.75, 3.05) is 6.61 Å². The molecule has 4 rings (SSSR count). The summed E-state index contributed by atoms with van der Waals surface area (Å²) in [7, 11) is 0. The Kier molecular flexibility index (Phi) is 5.91. The van der Waals surface area contributed by atoms with Gasteiger partial charge in [-0.15, -0.1) is 0 Å². The lowest BCUT2D eigenvalue weighted by atomic mass is 9.62. The van der Waals surface area contributed by atoms with E-state index in [-0.39, 0.29) is 27.2 Å². The molecule has 1 saturated heterocycles. The number of carbonyl (C=O) groups excluding carboxylic acids is 2. The highest BCUT2D eigenvalue weighted by Crippen LogP contribution is 2.48. The van der Waals surface area contributed by atoms with Gasteiger partial charge in [0.2, 0.25) is 5.91 Å². The lowest BCUT2D eigenvalue weighted by Gasteiger charge is -2.42. The molecule has 1 heterocycles. The summed E-state index contributed by atoms with van der Waals surface area (Å²) in [4.78, 5) is 23.5. The van der Waals surface area contributed by atoms with E-state index >= 15 is 0 Å². The van der Waals surface area contributed by atoms with Gasteiger partial charge in [0.1, 0.15) is 5.75 Å². The molecule has 5 heteroatoms. The van der Waals surface area contributed by atoms with Crippen molar-refractivity contribution in [1.29, 1.82) is 0 Å². The Morgan fingerprint density at radius 2 is 1.66 bits per heavy atom. The highest BCUT2D eigenvalue weighted by molar-refractivity contribution is 8.15. The number of hydrogen-bond donors (Lipinski definition) is 1. The molecule has 1 unspecified atom stereocenters. The highest BCUT2D eigenvalue weighted by atomic mass is 32.2. The van der Waals surface area contributed by atoms with Gasteiger partial charge in [-0.2, -0.15) is 0 Å². The molecule has 1 N–H and O–H groups in total. The first-order valence-electron chi connectivity index (χ1n) is 11.4. The highest BCUT2D eigenvalue weighted by Gasteiger charge is 2.37. The predicted molar refractivity (Wildman–Crippen MR) is 132 cm³/mol. The molecule has 1 aliphatic heterocycles. The van der Waals surface area contributed by atoms with E-state index < -0.39 is 0 Å². The number of imide groups is 1. The van der Waals surface area contributed by atoms with Crippen LogP contribution in [0.4, 0.5) is 4.79 Å². The number of carbonyl (C=O) groups is 2. The van der Waals surface area contributed by atoms with Crippen molar-refractivity contribution < 1.29 is 14.3 Å². The number of thioether (sulfide) groups is 1. The van der Waals surface area contributed by atoms with E-state index in [1.807, 2.05) is 13.0 Å². The fourth-order valence-electron chi connectivity index (χ4n) is 4.95. The maximum absolute atomic E-state index is 12.0. The van der Waals surface area contributed by atoms with Crippen LogP contribution in [-0.2, 0) is 22.0 Å². The molecular formula is C27H33NO3S. The Bertz CT molecular complexity index is 1090. The number of hydrogen-bond acceptors (Lipinski definition) is 4. The molecule has 170 valence electrons. The summed E-state index contributed by atoms with van der Waals surface area (Å²) >= 11 is 1.07. The summed E-state index contributed by atoms with van der Waals surface area (Å²) in [5.41, 5.74) is 7.73. The molecule has 2 amide bonds. The predicted octanol–water partition coefficient (Wildman–Crippen LogP) is 6.30. The fraction of sp³-hybridized carbons (Fsp3) is 0.481. The topological polar surface area (TPSA) is 55.4 Å². The zero-order valence-corrected chi connectivity index (χ0v) is 20.7.